The van der Waals surface area contributed by atoms with Crippen LogP contribution in [0.25, 0.3) is 0 Å². The molecule has 0 aromatic carbocycles. The first kappa shape index (κ1) is 14.1. The van der Waals surface area contributed by atoms with Gasteiger partial charge in [-0.25, -0.2) is 4.98 Å². The van der Waals surface area contributed by atoms with Crippen molar-refractivity contribution in [3.05, 3.63) is 10.7 Å². The van der Waals surface area contributed by atoms with Crippen molar-refractivity contribution in [3.8, 4) is 5.88 Å². The third-order valence-electron chi connectivity index (χ3n) is 2.12. The number of rotatable bonds is 7. The number of nitrogens with two attached hydrogens (primary N) is 1. The zero-order valence-electron chi connectivity index (χ0n) is 9.94. The first-order chi connectivity index (χ1) is 8.21. The molecule has 0 saturated carbocycles. The third kappa shape index (κ3) is 4.45. The minimum atomic E-state index is 0.0934. The molecule has 0 spiro atoms. The lowest BCUT2D eigenvalue weighted by atomic mass is 10.2. The van der Waals surface area contributed by atoms with Crippen molar-refractivity contribution >= 4 is 21.9 Å². The molecule has 0 aliphatic heterocycles. The Morgan fingerprint density at radius 2 is 2.29 bits per heavy atom. The maximum atomic E-state index is 5.52. The van der Waals surface area contributed by atoms with Crippen molar-refractivity contribution in [2.24, 2.45) is 5.73 Å². The number of methoxy groups -OCH3 is 2. The van der Waals surface area contributed by atoms with Gasteiger partial charge < -0.3 is 20.5 Å². The number of nitrogens with zero attached hydrogens (tertiary/aromatic N) is 2. The first-order valence-electron chi connectivity index (χ1n) is 5.23. The minimum Gasteiger partial charge on any atom is -0.480 e. The van der Waals surface area contributed by atoms with Crippen molar-refractivity contribution in [1.82, 2.24) is 9.97 Å². The van der Waals surface area contributed by atoms with Crippen LogP contribution in [-0.2, 0) is 4.74 Å². The summed E-state index contributed by atoms with van der Waals surface area (Å²) in [4.78, 5) is 8.35. The maximum absolute atomic E-state index is 5.52. The van der Waals surface area contributed by atoms with Gasteiger partial charge >= 0.3 is 0 Å². The summed E-state index contributed by atoms with van der Waals surface area (Å²) in [5.74, 6) is 0.993. The summed E-state index contributed by atoms with van der Waals surface area (Å²) in [5.41, 5.74) is 5.52. The van der Waals surface area contributed by atoms with Crippen LogP contribution in [0.5, 0.6) is 5.88 Å². The fourth-order valence-corrected chi connectivity index (χ4v) is 1.70. The van der Waals surface area contributed by atoms with Gasteiger partial charge in [0.25, 0.3) is 0 Å². The van der Waals surface area contributed by atoms with Crippen molar-refractivity contribution in [1.29, 1.82) is 0 Å². The van der Waals surface area contributed by atoms with Gasteiger partial charge in [-0.2, -0.15) is 4.98 Å². The second-order valence-electron chi connectivity index (χ2n) is 3.42. The largest absolute Gasteiger partial charge is 0.480 e. The van der Waals surface area contributed by atoms with E-state index in [2.05, 4.69) is 31.2 Å². The minimum absolute atomic E-state index is 0.0934. The molecular formula is C10H17BrN4O2. The van der Waals surface area contributed by atoms with E-state index in [4.69, 9.17) is 15.2 Å². The van der Waals surface area contributed by atoms with Crippen LogP contribution >= 0.6 is 15.9 Å². The summed E-state index contributed by atoms with van der Waals surface area (Å²) >= 11 is 3.30. The number of nitrogens with one attached hydrogen (secondary N) is 1. The van der Waals surface area contributed by atoms with Gasteiger partial charge in [0.2, 0.25) is 11.8 Å². The fourth-order valence-electron chi connectivity index (χ4n) is 1.35. The average Bonchev–Trinajstić information content (AvgIpc) is 2.32. The molecule has 1 heterocycles. The summed E-state index contributed by atoms with van der Waals surface area (Å²) in [5, 5.41) is 3.15. The molecule has 7 heteroatoms. The Bertz CT molecular complexity index is 345. The molecule has 0 aliphatic rings. The highest BCUT2D eigenvalue weighted by molar-refractivity contribution is 9.10. The van der Waals surface area contributed by atoms with E-state index in [1.165, 1.54) is 0 Å². The summed E-state index contributed by atoms with van der Waals surface area (Å²) in [6.07, 6.45) is 2.43. The van der Waals surface area contributed by atoms with Crippen LogP contribution in [-0.4, -0.2) is 43.4 Å². The van der Waals surface area contributed by atoms with E-state index in [1.54, 1.807) is 20.4 Å². The molecule has 6 nitrogen and oxygen atoms in total. The molecule has 96 valence electrons. The second-order valence-corrected chi connectivity index (χ2v) is 4.28. The van der Waals surface area contributed by atoms with E-state index in [0.29, 0.717) is 29.5 Å². The average molecular weight is 305 g/mol. The molecule has 0 bridgehead atoms. The van der Waals surface area contributed by atoms with E-state index in [0.717, 1.165) is 6.42 Å². The zero-order chi connectivity index (χ0) is 12.7. The Hall–Kier alpha value is -0.920. The molecule has 1 rings (SSSR count). The predicted octanol–water partition coefficient (Wildman–Crippen LogP) is 1.02. The number of hydrogen-bond acceptors (Lipinski definition) is 6. The van der Waals surface area contributed by atoms with Gasteiger partial charge in [0.15, 0.2) is 0 Å². The lowest BCUT2D eigenvalue weighted by Gasteiger charge is -2.17. The molecule has 1 aromatic rings. The van der Waals surface area contributed by atoms with Gasteiger partial charge in [0.05, 0.1) is 30.4 Å². The van der Waals surface area contributed by atoms with Crippen LogP contribution in [0.1, 0.15) is 6.42 Å². The lowest BCUT2D eigenvalue weighted by Crippen LogP contribution is -2.28. The Labute approximate surface area is 109 Å². The maximum Gasteiger partial charge on any atom is 0.232 e. The highest BCUT2D eigenvalue weighted by Crippen LogP contribution is 2.22. The highest BCUT2D eigenvalue weighted by atomic mass is 79.9. The Morgan fingerprint density at radius 3 is 2.88 bits per heavy atom. The van der Waals surface area contributed by atoms with Crippen LogP contribution < -0.4 is 15.8 Å². The highest BCUT2D eigenvalue weighted by Gasteiger charge is 2.11. The molecule has 1 atom stereocenters. The van der Waals surface area contributed by atoms with Crippen LogP contribution in [0, 0.1) is 0 Å². The predicted molar refractivity (Wildman–Crippen MR) is 69.2 cm³/mol. The third-order valence-corrected chi connectivity index (χ3v) is 2.67. The Morgan fingerprint density at radius 1 is 1.53 bits per heavy atom. The summed E-state index contributed by atoms with van der Waals surface area (Å²) < 4.78 is 10.9. The summed E-state index contributed by atoms with van der Waals surface area (Å²) in [7, 11) is 3.21. The van der Waals surface area contributed by atoms with Gasteiger partial charge in [-0.15, -0.1) is 0 Å². The van der Waals surface area contributed by atoms with Gasteiger partial charge in [0, 0.05) is 7.11 Å². The van der Waals surface area contributed by atoms with Crippen LogP contribution in [0.4, 0.5) is 5.95 Å². The van der Waals surface area contributed by atoms with E-state index in [1.807, 2.05) is 0 Å². The molecule has 1 unspecified atom stereocenters. The molecule has 0 amide bonds. The monoisotopic (exact) mass is 304 g/mol. The van der Waals surface area contributed by atoms with Gasteiger partial charge in [-0.05, 0) is 28.9 Å². The van der Waals surface area contributed by atoms with Crippen LogP contribution in [0.2, 0.25) is 0 Å². The molecule has 0 saturated heterocycles. The molecule has 17 heavy (non-hydrogen) atoms. The van der Waals surface area contributed by atoms with E-state index < -0.39 is 0 Å². The van der Waals surface area contributed by atoms with Gasteiger partial charge in [-0.1, -0.05) is 0 Å². The quantitative estimate of drug-likeness (QED) is 0.783. The zero-order valence-corrected chi connectivity index (χ0v) is 11.5. The fraction of sp³-hybridized carbons (Fsp3) is 0.600. The van der Waals surface area contributed by atoms with E-state index in [9.17, 15) is 0 Å². The van der Waals surface area contributed by atoms with Crippen LogP contribution in [0.3, 0.4) is 0 Å². The van der Waals surface area contributed by atoms with E-state index >= 15 is 0 Å². The molecule has 0 fully saturated rings. The SMILES string of the molecule is COCC(CCN)Nc1ncc(Br)c(OC)n1. The second kappa shape index (κ2) is 7.41. The molecule has 0 radical (unpaired) electrons. The molecular weight excluding hydrogens is 288 g/mol. The van der Waals surface area contributed by atoms with Crippen molar-refractivity contribution in [2.75, 3.05) is 32.7 Å². The first-order valence-corrected chi connectivity index (χ1v) is 6.02. The number of anilines is 1. The number of halogens is 1. The smallest absolute Gasteiger partial charge is 0.232 e. The standard InChI is InChI=1S/C10H17BrN4O2/c1-16-6-7(3-4-12)14-10-13-5-8(11)9(15-10)17-2/h5,7H,3-4,6,12H2,1-2H3,(H,13,14,15). The topological polar surface area (TPSA) is 82.3 Å². The van der Waals surface area contributed by atoms with E-state index in [-0.39, 0.29) is 6.04 Å². The Balaban J connectivity index is 2.71. The number of aromatic nitrogens is 2. The Kier molecular flexibility index (Phi) is 6.17. The van der Waals surface area contributed by atoms with Gasteiger partial charge in [0.1, 0.15) is 0 Å². The lowest BCUT2D eigenvalue weighted by molar-refractivity contribution is 0.183. The summed E-state index contributed by atoms with van der Waals surface area (Å²) in [6, 6.07) is 0.0934. The summed E-state index contributed by atoms with van der Waals surface area (Å²) in [6.45, 7) is 1.13. The normalized spacial score (nSPS) is 12.2. The van der Waals surface area contributed by atoms with Gasteiger partial charge in [-0.3, -0.25) is 0 Å². The molecule has 1 aromatic heterocycles. The molecule has 0 aliphatic carbocycles. The molecule has 3 N–H and O–H groups in total. The van der Waals surface area contributed by atoms with Crippen molar-refractivity contribution in [2.45, 2.75) is 12.5 Å². The van der Waals surface area contributed by atoms with Crippen molar-refractivity contribution < 1.29 is 9.47 Å². The number of ether oxygens (including phenoxy) is 2. The van der Waals surface area contributed by atoms with Crippen molar-refractivity contribution in [3.63, 3.8) is 0 Å². The number of hydrogen-bond donors (Lipinski definition) is 2. The van der Waals surface area contributed by atoms with Crippen LogP contribution in [0.15, 0.2) is 10.7 Å².